The summed E-state index contributed by atoms with van der Waals surface area (Å²) < 4.78 is 7.29. The van der Waals surface area contributed by atoms with Gasteiger partial charge in [-0.3, -0.25) is 0 Å². The van der Waals surface area contributed by atoms with Crippen molar-refractivity contribution < 1.29 is 4.74 Å². The molecule has 0 aliphatic carbocycles. The van der Waals surface area contributed by atoms with E-state index in [0.29, 0.717) is 6.04 Å². The van der Waals surface area contributed by atoms with Gasteiger partial charge in [0.1, 0.15) is 0 Å². The molecule has 0 radical (unpaired) electrons. The van der Waals surface area contributed by atoms with Gasteiger partial charge < -0.3 is 14.6 Å². The van der Waals surface area contributed by atoms with Gasteiger partial charge in [-0.2, -0.15) is 0 Å². The molecule has 0 saturated heterocycles. The smallest absolute Gasteiger partial charge is 0.203 e. The predicted octanol–water partition coefficient (Wildman–Crippen LogP) is 3.25. The maximum Gasteiger partial charge on any atom is 0.203 e. The minimum absolute atomic E-state index is 0.218. The number of nitrogens with one attached hydrogen (secondary N) is 1. The summed E-state index contributed by atoms with van der Waals surface area (Å²) in [5.41, 5.74) is 1.27. The molecule has 104 valence electrons. The van der Waals surface area contributed by atoms with Crippen LogP contribution in [0.4, 0.5) is 5.95 Å². The topological polar surface area (TPSA) is 39.1 Å². The Labute approximate surface area is 111 Å². The van der Waals surface area contributed by atoms with Crippen molar-refractivity contribution in [3.63, 3.8) is 0 Å². The Balaban J connectivity index is 2.73. The quantitative estimate of drug-likeness (QED) is 0.791. The Morgan fingerprint density at radius 1 is 1.44 bits per heavy atom. The lowest BCUT2D eigenvalue weighted by atomic mass is 9.88. The van der Waals surface area contributed by atoms with Crippen LogP contribution in [0.2, 0.25) is 0 Å². The van der Waals surface area contributed by atoms with Crippen molar-refractivity contribution in [1.82, 2.24) is 9.55 Å². The molecular weight excluding hydrogens is 226 g/mol. The van der Waals surface area contributed by atoms with Gasteiger partial charge in [0, 0.05) is 32.5 Å². The molecule has 0 spiro atoms. The lowest BCUT2D eigenvalue weighted by molar-refractivity contribution is 0.197. The number of nitrogens with zero attached hydrogens (tertiary/aromatic N) is 2. The number of methoxy groups -OCH3 is 1. The van der Waals surface area contributed by atoms with Crippen molar-refractivity contribution in [2.75, 3.05) is 25.6 Å². The van der Waals surface area contributed by atoms with Gasteiger partial charge in [-0.15, -0.1) is 0 Å². The van der Waals surface area contributed by atoms with E-state index >= 15 is 0 Å². The van der Waals surface area contributed by atoms with Crippen LogP contribution in [-0.2, 0) is 4.74 Å². The van der Waals surface area contributed by atoms with Crippen molar-refractivity contribution in [3.8, 4) is 0 Å². The highest BCUT2D eigenvalue weighted by Gasteiger charge is 2.23. The summed E-state index contributed by atoms with van der Waals surface area (Å²) in [7, 11) is 1.73. The Bertz CT molecular complexity index is 366. The Morgan fingerprint density at radius 2 is 2.11 bits per heavy atom. The highest BCUT2D eigenvalue weighted by Crippen LogP contribution is 2.32. The van der Waals surface area contributed by atoms with Crippen molar-refractivity contribution in [3.05, 3.63) is 11.9 Å². The Morgan fingerprint density at radius 3 is 2.67 bits per heavy atom. The fourth-order valence-corrected chi connectivity index (χ4v) is 1.78. The molecule has 0 aliphatic rings. The van der Waals surface area contributed by atoms with Crippen LogP contribution < -0.4 is 5.32 Å². The zero-order valence-corrected chi connectivity index (χ0v) is 12.6. The third-order valence-corrected chi connectivity index (χ3v) is 3.33. The second kappa shape index (κ2) is 6.23. The van der Waals surface area contributed by atoms with Gasteiger partial charge in [0.15, 0.2) is 0 Å². The van der Waals surface area contributed by atoms with E-state index in [-0.39, 0.29) is 5.41 Å². The molecule has 4 heteroatoms. The van der Waals surface area contributed by atoms with Crippen molar-refractivity contribution in [2.45, 2.75) is 47.1 Å². The Kier molecular flexibility index (Phi) is 5.20. The summed E-state index contributed by atoms with van der Waals surface area (Å²) in [6, 6.07) is 0.406. The number of aromatic nitrogens is 2. The molecule has 4 nitrogen and oxygen atoms in total. The molecule has 1 unspecified atom stereocenters. The number of ether oxygens (including phenoxy) is 1. The lowest BCUT2D eigenvalue weighted by Gasteiger charge is -2.29. The van der Waals surface area contributed by atoms with E-state index in [1.165, 1.54) is 0 Å². The molecule has 0 saturated carbocycles. The van der Waals surface area contributed by atoms with E-state index in [1.807, 2.05) is 6.92 Å². The third-order valence-electron chi connectivity index (χ3n) is 3.33. The molecule has 1 atom stereocenters. The van der Waals surface area contributed by atoms with Gasteiger partial charge in [-0.05, 0) is 25.7 Å². The number of hydrogen-bond acceptors (Lipinski definition) is 3. The molecule has 0 aromatic carbocycles. The lowest BCUT2D eigenvalue weighted by Crippen LogP contribution is -2.23. The van der Waals surface area contributed by atoms with Gasteiger partial charge in [-0.1, -0.05) is 20.8 Å². The normalized spacial score (nSPS) is 13.7. The molecular formula is C14H27N3O. The van der Waals surface area contributed by atoms with E-state index in [2.05, 4.69) is 48.8 Å². The summed E-state index contributed by atoms with van der Waals surface area (Å²) in [4.78, 5) is 4.55. The van der Waals surface area contributed by atoms with Crippen LogP contribution in [0.25, 0.3) is 0 Å². The summed E-state index contributed by atoms with van der Waals surface area (Å²) >= 11 is 0. The van der Waals surface area contributed by atoms with Crippen LogP contribution in [0.5, 0.6) is 0 Å². The predicted molar refractivity (Wildman–Crippen MR) is 76.1 cm³/mol. The third kappa shape index (κ3) is 4.02. The average molecular weight is 253 g/mol. The molecule has 1 N–H and O–H groups in total. The van der Waals surface area contributed by atoms with E-state index in [1.54, 1.807) is 7.11 Å². The molecule has 0 bridgehead atoms. The fraction of sp³-hybridized carbons (Fsp3) is 0.786. The summed E-state index contributed by atoms with van der Waals surface area (Å²) in [6.45, 7) is 12.7. The van der Waals surface area contributed by atoms with Gasteiger partial charge in [0.05, 0.1) is 5.69 Å². The van der Waals surface area contributed by atoms with E-state index < -0.39 is 0 Å². The van der Waals surface area contributed by atoms with E-state index in [9.17, 15) is 0 Å². The van der Waals surface area contributed by atoms with Crippen LogP contribution in [0, 0.1) is 12.3 Å². The number of aryl methyl sites for hydroxylation is 1. The SMILES string of the molecule is COCCCNc1nc(C)cn1C(C)C(C)(C)C. The molecule has 0 aliphatic heterocycles. The molecule has 1 aromatic heterocycles. The van der Waals surface area contributed by atoms with Crippen molar-refractivity contribution >= 4 is 5.95 Å². The molecule has 1 rings (SSSR count). The first-order chi connectivity index (χ1) is 8.36. The first kappa shape index (κ1) is 15.0. The van der Waals surface area contributed by atoms with Gasteiger partial charge in [0.25, 0.3) is 0 Å². The van der Waals surface area contributed by atoms with Gasteiger partial charge in [0.2, 0.25) is 5.95 Å². The zero-order valence-electron chi connectivity index (χ0n) is 12.6. The Hall–Kier alpha value is -1.03. The van der Waals surface area contributed by atoms with Crippen LogP contribution >= 0.6 is 0 Å². The van der Waals surface area contributed by atoms with Crippen LogP contribution in [0.1, 0.15) is 45.9 Å². The highest BCUT2D eigenvalue weighted by atomic mass is 16.5. The first-order valence-electron chi connectivity index (χ1n) is 6.64. The standard InChI is InChI=1S/C14H27N3O/c1-11-10-17(12(2)14(3,4)5)13(16-11)15-8-7-9-18-6/h10,12H,7-9H2,1-6H3,(H,15,16). The molecule has 0 amide bonds. The monoisotopic (exact) mass is 253 g/mol. The second-order valence-corrected chi connectivity index (χ2v) is 5.93. The van der Waals surface area contributed by atoms with E-state index in [4.69, 9.17) is 4.74 Å². The molecule has 1 aromatic rings. The number of anilines is 1. The number of imidazole rings is 1. The maximum absolute atomic E-state index is 5.05. The van der Waals surface area contributed by atoms with Crippen LogP contribution in [0.15, 0.2) is 6.20 Å². The van der Waals surface area contributed by atoms with Crippen LogP contribution in [0.3, 0.4) is 0 Å². The first-order valence-corrected chi connectivity index (χ1v) is 6.64. The number of hydrogen-bond donors (Lipinski definition) is 1. The van der Waals surface area contributed by atoms with Crippen molar-refractivity contribution in [1.29, 1.82) is 0 Å². The summed E-state index contributed by atoms with van der Waals surface area (Å²) in [6.07, 6.45) is 3.11. The molecule has 1 heterocycles. The zero-order chi connectivity index (χ0) is 13.8. The largest absolute Gasteiger partial charge is 0.385 e. The molecule has 18 heavy (non-hydrogen) atoms. The molecule has 0 fully saturated rings. The second-order valence-electron chi connectivity index (χ2n) is 5.93. The van der Waals surface area contributed by atoms with Gasteiger partial charge >= 0.3 is 0 Å². The van der Waals surface area contributed by atoms with Crippen LogP contribution in [-0.4, -0.2) is 29.8 Å². The summed E-state index contributed by atoms with van der Waals surface area (Å²) in [5.74, 6) is 0.964. The highest BCUT2D eigenvalue weighted by molar-refractivity contribution is 5.29. The fourth-order valence-electron chi connectivity index (χ4n) is 1.78. The van der Waals surface area contributed by atoms with Crippen molar-refractivity contribution in [2.24, 2.45) is 5.41 Å². The number of rotatable bonds is 6. The summed E-state index contributed by atoms with van der Waals surface area (Å²) in [5, 5.41) is 3.39. The van der Waals surface area contributed by atoms with E-state index in [0.717, 1.165) is 31.2 Å². The minimum Gasteiger partial charge on any atom is -0.385 e. The van der Waals surface area contributed by atoms with Gasteiger partial charge in [-0.25, -0.2) is 4.98 Å². The average Bonchev–Trinajstić information content (AvgIpc) is 2.63. The maximum atomic E-state index is 5.05. The minimum atomic E-state index is 0.218.